The second kappa shape index (κ2) is 6.21. The van der Waals surface area contributed by atoms with Gasteiger partial charge in [0.25, 0.3) is 9.70 Å². The Balaban J connectivity index is 2.98. The Hall–Kier alpha value is -0.640. The standard InChI is InChI=1S/C13H16Cl3NO2/c1-7(2)19-11-8(3)5-10(6-9(11)4)17-12(18)13(14,15)16/h5-7H,1-4H3,(H,17,18). The van der Waals surface area contributed by atoms with Gasteiger partial charge in [-0.05, 0) is 51.0 Å². The van der Waals surface area contributed by atoms with Crippen molar-refractivity contribution in [3.8, 4) is 5.75 Å². The minimum atomic E-state index is -1.98. The third-order valence-electron chi connectivity index (χ3n) is 2.33. The van der Waals surface area contributed by atoms with Crippen molar-refractivity contribution in [2.75, 3.05) is 5.32 Å². The maximum atomic E-state index is 11.6. The molecular formula is C13H16Cl3NO2. The highest BCUT2D eigenvalue weighted by molar-refractivity contribution is 6.76. The Morgan fingerprint density at radius 3 is 2.05 bits per heavy atom. The van der Waals surface area contributed by atoms with Gasteiger partial charge in [0.2, 0.25) is 0 Å². The predicted molar refractivity (Wildman–Crippen MR) is 80.6 cm³/mol. The number of amides is 1. The molecule has 0 saturated carbocycles. The summed E-state index contributed by atoms with van der Waals surface area (Å²) < 4.78 is 3.73. The second-order valence-electron chi connectivity index (χ2n) is 4.56. The maximum absolute atomic E-state index is 11.6. The third-order valence-corrected chi connectivity index (χ3v) is 2.84. The predicted octanol–water partition coefficient (Wildman–Crippen LogP) is 4.40. The largest absolute Gasteiger partial charge is 0.490 e. The average Bonchev–Trinajstić information content (AvgIpc) is 2.21. The van der Waals surface area contributed by atoms with Gasteiger partial charge in [-0.1, -0.05) is 34.8 Å². The van der Waals surface area contributed by atoms with Gasteiger partial charge >= 0.3 is 0 Å². The highest BCUT2D eigenvalue weighted by Gasteiger charge is 2.30. The van der Waals surface area contributed by atoms with Crippen LogP contribution in [0.25, 0.3) is 0 Å². The van der Waals surface area contributed by atoms with Crippen molar-refractivity contribution in [2.45, 2.75) is 37.6 Å². The van der Waals surface area contributed by atoms with Crippen LogP contribution in [-0.4, -0.2) is 15.8 Å². The maximum Gasteiger partial charge on any atom is 0.276 e. The summed E-state index contributed by atoms with van der Waals surface area (Å²) in [5.74, 6) is 0.121. The van der Waals surface area contributed by atoms with E-state index < -0.39 is 9.70 Å². The molecule has 1 amide bonds. The van der Waals surface area contributed by atoms with Gasteiger partial charge < -0.3 is 10.1 Å². The summed E-state index contributed by atoms with van der Waals surface area (Å²) in [5.41, 5.74) is 2.39. The molecule has 0 spiro atoms. The lowest BCUT2D eigenvalue weighted by molar-refractivity contribution is -0.115. The highest BCUT2D eigenvalue weighted by Crippen LogP contribution is 2.31. The molecule has 0 fully saturated rings. The summed E-state index contributed by atoms with van der Waals surface area (Å²) in [7, 11) is 0. The molecule has 0 atom stereocenters. The van der Waals surface area contributed by atoms with Crippen molar-refractivity contribution in [1.82, 2.24) is 0 Å². The molecule has 106 valence electrons. The first-order valence-corrected chi connectivity index (χ1v) is 6.90. The quantitative estimate of drug-likeness (QED) is 0.837. The molecular weight excluding hydrogens is 309 g/mol. The van der Waals surface area contributed by atoms with Crippen LogP contribution in [0, 0.1) is 13.8 Å². The summed E-state index contributed by atoms with van der Waals surface area (Å²) in [6.07, 6.45) is 0.0824. The molecule has 0 aliphatic carbocycles. The van der Waals surface area contributed by atoms with Crippen molar-refractivity contribution >= 4 is 46.4 Å². The Morgan fingerprint density at radius 2 is 1.68 bits per heavy atom. The number of hydrogen-bond donors (Lipinski definition) is 1. The van der Waals surface area contributed by atoms with Crippen molar-refractivity contribution in [3.63, 3.8) is 0 Å². The fourth-order valence-electron chi connectivity index (χ4n) is 1.65. The summed E-state index contributed by atoms with van der Waals surface area (Å²) in [6, 6.07) is 3.55. The van der Waals surface area contributed by atoms with Crippen LogP contribution in [0.3, 0.4) is 0 Å². The van der Waals surface area contributed by atoms with Gasteiger partial charge in [0.1, 0.15) is 5.75 Å². The number of hydrogen-bond acceptors (Lipinski definition) is 2. The molecule has 0 saturated heterocycles. The summed E-state index contributed by atoms with van der Waals surface area (Å²) in [5, 5.41) is 2.55. The van der Waals surface area contributed by atoms with E-state index in [4.69, 9.17) is 39.5 Å². The van der Waals surface area contributed by atoms with E-state index >= 15 is 0 Å². The number of aryl methyl sites for hydroxylation is 2. The van der Waals surface area contributed by atoms with Gasteiger partial charge in [-0.2, -0.15) is 0 Å². The smallest absolute Gasteiger partial charge is 0.276 e. The first-order valence-electron chi connectivity index (χ1n) is 5.77. The molecule has 0 radical (unpaired) electrons. The van der Waals surface area contributed by atoms with Crippen molar-refractivity contribution in [1.29, 1.82) is 0 Å². The van der Waals surface area contributed by atoms with E-state index in [9.17, 15) is 4.79 Å². The first kappa shape index (κ1) is 16.4. The zero-order valence-electron chi connectivity index (χ0n) is 11.2. The monoisotopic (exact) mass is 323 g/mol. The number of nitrogens with one attached hydrogen (secondary N) is 1. The van der Waals surface area contributed by atoms with E-state index in [1.54, 1.807) is 12.1 Å². The number of ether oxygens (including phenoxy) is 1. The SMILES string of the molecule is Cc1cc(NC(=O)C(Cl)(Cl)Cl)cc(C)c1OC(C)C. The summed E-state index contributed by atoms with van der Waals surface area (Å²) in [4.78, 5) is 11.6. The molecule has 19 heavy (non-hydrogen) atoms. The molecule has 3 nitrogen and oxygen atoms in total. The fraction of sp³-hybridized carbons (Fsp3) is 0.462. The molecule has 1 rings (SSSR count). The Morgan fingerprint density at radius 1 is 1.21 bits per heavy atom. The van der Waals surface area contributed by atoms with E-state index in [0.29, 0.717) is 5.69 Å². The van der Waals surface area contributed by atoms with Crippen LogP contribution in [0.4, 0.5) is 5.69 Å². The van der Waals surface area contributed by atoms with E-state index in [1.165, 1.54) is 0 Å². The van der Waals surface area contributed by atoms with E-state index in [0.717, 1.165) is 16.9 Å². The van der Waals surface area contributed by atoms with E-state index in [2.05, 4.69) is 5.32 Å². The van der Waals surface area contributed by atoms with Crippen LogP contribution in [-0.2, 0) is 4.79 Å². The number of carbonyl (C=O) groups is 1. The molecule has 6 heteroatoms. The Labute approximate surface area is 128 Å². The van der Waals surface area contributed by atoms with Crippen molar-refractivity contribution in [3.05, 3.63) is 23.3 Å². The number of halogens is 3. The average molecular weight is 325 g/mol. The summed E-state index contributed by atoms with van der Waals surface area (Å²) >= 11 is 16.5. The lowest BCUT2D eigenvalue weighted by atomic mass is 10.1. The molecule has 1 aromatic rings. The van der Waals surface area contributed by atoms with Crippen LogP contribution in [0.1, 0.15) is 25.0 Å². The third kappa shape index (κ3) is 4.75. The van der Waals surface area contributed by atoms with Crippen LogP contribution in [0.5, 0.6) is 5.75 Å². The van der Waals surface area contributed by atoms with Crippen LogP contribution < -0.4 is 10.1 Å². The Kier molecular flexibility index (Phi) is 5.36. The Bertz CT molecular complexity index is 458. The second-order valence-corrected chi connectivity index (χ2v) is 6.84. The zero-order valence-corrected chi connectivity index (χ0v) is 13.5. The molecule has 0 bridgehead atoms. The highest BCUT2D eigenvalue weighted by atomic mass is 35.6. The minimum absolute atomic E-state index is 0.0824. The lowest BCUT2D eigenvalue weighted by Crippen LogP contribution is -2.27. The van der Waals surface area contributed by atoms with Gasteiger partial charge in [-0.25, -0.2) is 0 Å². The minimum Gasteiger partial charge on any atom is -0.490 e. The number of carbonyl (C=O) groups excluding carboxylic acids is 1. The molecule has 0 aliphatic heterocycles. The van der Waals surface area contributed by atoms with Gasteiger partial charge in [-0.15, -0.1) is 0 Å². The summed E-state index contributed by atoms with van der Waals surface area (Å²) in [6.45, 7) is 7.71. The normalized spacial score (nSPS) is 11.6. The molecule has 0 unspecified atom stereocenters. The molecule has 0 heterocycles. The topological polar surface area (TPSA) is 38.3 Å². The van der Waals surface area contributed by atoms with Gasteiger partial charge in [0.05, 0.1) is 6.10 Å². The lowest BCUT2D eigenvalue weighted by Gasteiger charge is -2.17. The zero-order chi connectivity index (χ0) is 14.8. The van der Waals surface area contributed by atoms with Crippen LogP contribution in [0.15, 0.2) is 12.1 Å². The van der Waals surface area contributed by atoms with Crippen LogP contribution >= 0.6 is 34.8 Å². The number of alkyl halides is 3. The number of anilines is 1. The molecule has 0 aliphatic rings. The van der Waals surface area contributed by atoms with Gasteiger partial charge in [0.15, 0.2) is 0 Å². The molecule has 1 N–H and O–H groups in total. The van der Waals surface area contributed by atoms with Crippen molar-refractivity contribution < 1.29 is 9.53 Å². The number of benzene rings is 1. The molecule has 1 aromatic carbocycles. The van der Waals surface area contributed by atoms with Crippen molar-refractivity contribution in [2.24, 2.45) is 0 Å². The molecule has 0 aromatic heterocycles. The van der Waals surface area contributed by atoms with E-state index in [-0.39, 0.29) is 6.10 Å². The van der Waals surface area contributed by atoms with Gasteiger partial charge in [0, 0.05) is 5.69 Å². The fourth-order valence-corrected chi connectivity index (χ4v) is 1.79. The first-order chi connectivity index (χ1) is 8.61. The van der Waals surface area contributed by atoms with E-state index in [1.807, 2.05) is 27.7 Å². The number of rotatable bonds is 3. The van der Waals surface area contributed by atoms with Crippen LogP contribution in [0.2, 0.25) is 0 Å². The van der Waals surface area contributed by atoms with Gasteiger partial charge in [-0.3, -0.25) is 4.79 Å².